The van der Waals surface area contributed by atoms with Gasteiger partial charge in [0.25, 0.3) is 0 Å². The molecule has 0 bridgehead atoms. The number of ether oxygens (including phenoxy) is 2. The molecule has 0 aromatic heterocycles. The summed E-state index contributed by atoms with van der Waals surface area (Å²) in [6.07, 6.45) is 20.1. The quantitative estimate of drug-likeness (QED) is 0.0196. The van der Waals surface area contributed by atoms with Gasteiger partial charge in [-0.25, -0.2) is 4.57 Å². The number of aliphatic hydroxyl groups is 5. The molecule has 0 aromatic rings. The van der Waals surface area contributed by atoms with Gasteiger partial charge in [0.15, 0.2) is 6.10 Å². The second kappa shape index (κ2) is 34.6. The molecular formula is C43H83O13P. The summed E-state index contributed by atoms with van der Waals surface area (Å²) in [5, 5.41) is 50.1. The third kappa shape index (κ3) is 27.3. The normalized spacial score (nSPS) is 22.6. The first kappa shape index (κ1) is 53.9. The highest BCUT2D eigenvalue weighted by atomic mass is 31.2. The first-order valence-corrected chi connectivity index (χ1v) is 24.3. The minimum absolute atomic E-state index is 0.105. The number of hydrogen-bond acceptors (Lipinski definition) is 12. The van der Waals surface area contributed by atoms with E-state index in [1.165, 1.54) is 128 Å². The SMILES string of the molecule is CCCCCCCCCCCCCCCCC(=O)OC[C@@H](COP(=O)(O)OC1[C@@H](O)[C@H](O)C(O)[C@H](O)[C@@H]1O)OC(=O)CCCCCCCCCCCCCCCC. The van der Waals surface area contributed by atoms with Gasteiger partial charge >= 0.3 is 19.8 Å². The number of carbonyl (C=O) groups excluding carboxylic acids is 2. The van der Waals surface area contributed by atoms with Gasteiger partial charge in [0.05, 0.1) is 6.61 Å². The van der Waals surface area contributed by atoms with Gasteiger partial charge in [-0.3, -0.25) is 18.6 Å². The van der Waals surface area contributed by atoms with E-state index in [-0.39, 0.29) is 12.8 Å². The van der Waals surface area contributed by atoms with Crippen LogP contribution in [0.25, 0.3) is 0 Å². The number of phosphoric acid groups is 1. The van der Waals surface area contributed by atoms with Crippen LogP contribution in [0.2, 0.25) is 0 Å². The zero-order valence-electron chi connectivity index (χ0n) is 35.7. The second-order valence-electron chi connectivity index (χ2n) is 16.3. The lowest BCUT2D eigenvalue weighted by Crippen LogP contribution is -2.64. The molecule has 1 saturated carbocycles. The molecule has 0 spiro atoms. The summed E-state index contributed by atoms with van der Waals surface area (Å²) >= 11 is 0. The molecule has 338 valence electrons. The van der Waals surface area contributed by atoms with E-state index in [2.05, 4.69) is 13.8 Å². The summed E-state index contributed by atoms with van der Waals surface area (Å²) in [4.78, 5) is 35.6. The first-order valence-electron chi connectivity index (χ1n) is 22.8. The van der Waals surface area contributed by atoms with Gasteiger partial charge in [-0.2, -0.15) is 0 Å². The molecule has 1 aliphatic rings. The highest BCUT2D eigenvalue weighted by Gasteiger charge is 2.51. The van der Waals surface area contributed by atoms with Gasteiger partial charge in [-0.1, -0.05) is 181 Å². The van der Waals surface area contributed by atoms with Crippen LogP contribution in [0.5, 0.6) is 0 Å². The number of carbonyl (C=O) groups is 2. The predicted molar refractivity (Wildman–Crippen MR) is 221 cm³/mol. The molecule has 0 aromatic carbocycles. The summed E-state index contributed by atoms with van der Waals surface area (Å²) < 4.78 is 33.5. The van der Waals surface area contributed by atoms with Crippen molar-refractivity contribution in [3.05, 3.63) is 0 Å². The summed E-state index contributed by atoms with van der Waals surface area (Å²) in [6, 6.07) is 0. The molecule has 0 amide bonds. The Kier molecular flexibility index (Phi) is 32.7. The topological polar surface area (TPSA) is 210 Å². The fourth-order valence-corrected chi connectivity index (χ4v) is 8.20. The summed E-state index contributed by atoms with van der Waals surface area (Å²) in [6.45, 7) is 3.31. The van der Waals surface area contributed by atoms with Crippen molar-refractivity contribution < 1.29 is 63.1 Å². The minimum atomic E-state index is -5.11. The average Bonchev–Trinajstić information content (AvgIpc) is 3.19. The Bertz CT molecular complexity index is 1020. The lowest BCUT2D eigenvalue weighted by molar-refractivity contribution is -0.220. The zero-order chi connectivity index (χ0) is 42.2. The van der Waals surface area contributed by atoms with Crippen LogP contribution in [0.1, 0.15) is 206 Å². The van der Waals surface area contributed by atoms with E-state index < -0.39 is 75.7 Å². The van der Waals surface area contributed by atoms with Gasteiger partial charge < -0.3 is 39.9 Å². The van der Waals surface area contributed by atoms with E-state index in [9.17, 15) is 44.6 Å². The molecule has 0 saturated heterocycles. The molecule has 13 nitrogen and oxygen atoms in total. The van der Waals surface area contributed by atoms with Crippen LogP contribution in [-0.2, 0) is 32.7 Å². The first-order chi connectivity index (χ1) is 27.4. The van der Waals surface area contributed by atoms with Crippen LogP contribution in [0.4, 0.5) is 0 Å². The van der Waals surface area contributed by atoms with E-state index in [0.717, 1.165) is 38.5 Å². The van der Waals surface area contributed by atoms with Crippen molar-refractivity contribution >= 4 is 19.8 Å². The fraction of sp³-hybridized carbons (Fsp3) is 0.953. The predicted octanol–water partition coefficient (Wildman–Crippen LogP) is 8.50. The lowest BCUT2D eigenvalue weighted by atomic mass is 9.85. The smallest absolute Gasteiger partial charge is 0.462 e. The number of unbranched alkanes of at least 4 members (excludes halogenated alkanes) is 26. The van der Waals surface area contributed by atoms with Crippen LogP contribution in [0.15, 0.2) is 0 Å². The van der Waals surface area contributed by atoms with Crippen molar-refractivity contribution in [2.24, 2.45) is 0 Å². The molecule has 1 aliphatic carbocycles. The third-order valence-electron chi connectivity index (χ3n) is 10.9. The molecule has 8 atom stereocenters. The summed E-state index contributed by atoms with van der Waals surface area (Å²) in [5.74, 6) is -1.09. The van der Waals surface area contributed by atoms with Gasteiger partial charge in [0.1, 0.15) is 43.2 Å². The summed E-state index contributed by atoms with van der Waals surface area (Å²) in [7, 11) is -5.11. The molecular weight excluding hydrogens is 755 g/mol. The van der Waals surface area contributed by atoms with Crippen molar-refractivity contribution in [2.45, 2.75) is 249 Å². The van der Waals surface area contributed by atoms with Gasteiger partial charge in [0.2, 0.25) is 0 Å². The number of aliphatic hydroxyl groups excluding tert-OH is 5. The number of phosphoric ester groups is 1. The highest BCUT2D eigenvalue weighted by molar-refractivity contribution is 7.47. The molecule has 1 rings (SSSR count). The maximum atomic E-state index is 12.8. The van der Waals surface area contributed by atoms with Crippen molar-refractivity contribution in [3.8, 4) is 0 Å². The molecule has 57 heavy (non-hydrogen) atoms. The van der Waals surface area contributed by atoms with Gasteiger partial charge in [-0.15, -0.1) is 0 Å². The fourth-order valence-electron chi connectivity index (χ4n) is 7.23. The van der Waals surface area contributed by atoms with Crippen molar-refractivity contribution in [2.75, 3.05) is 13.2 Å². The van der Waals surface area contributed by atoms with E-state index in [1.807, 2.05) is 0 Å². The molecule has 14 heteroatoms. The van der Waals surface area contributed by atoms with Crippen molar-refractivity contribution in [3.63, 3.8) is 0 Å². The summed E-state index contributed by atoms with van der Waals surface area (Å²) in [5.41, 5.74) is 0. The van der Waals surface area contributed by atoms with E-state index in [1.54, 1.807) is 0 Å². The Hall–Kier alpha value is -1.15. The number of rotatable bonds is 38. The van der Waals surface area contributed by atoms with E-state index in [4.69, 9.17) is 18.5 Å². The van der Waals surface area contributed by atoms with Crippen LogP contribution in [0, 0.1) is 0 Å². The van der Waals surface area contributed by atoms with Crippen LogP contribution >= 0.6 is 7.82 Å². The molecule has 3 unspecified atom stereocenters. The average molecular weight is 839 g/mol. The van der Waals surface area contributed by atoms with E-state index >= 15 is 0 Å². The van der Waals surface area contributed by atoms with Crippen molar-refractivity contribution in [1.29, 1.82) is 0 Å². The molecule has 0 radical (unpaired) electrons. The standard InChI is InChI=1S/C43H83O13P/c1-3-5-7-9-11-13-15-17-19-21-23-25-27-29-31-36(44)53-33-35(34-54-57(51,52)56-43-41(49)39(47)38(46)40(48)42(43)50)55-37(45)32-30-28-26-24-22-20-18-16-14-12-10-8-6-4-2/h35,38-43,46-50H,3-34H2,1-2H3,(H,51,52)/t35-,38?,39-,40+,41-,42-,43?/m0/s1. The van der Waals surface area contributed by atoms with Gasteiger partial charge in [-0.05, 0) is 12.8 Å². The van der Waals surface area contributed by atoms with Crippen LogP contribution in [-0.4, -0.2) is 98.3 Å². The molecule has 0 aliphatic heterocycles. The highest BCUT2D eigenvalue weighted by Crippen LogP contribution is 2.47. The molecule has 1 fully saturated rings. The Morgan fingerprint density at radius 3 is 1.16 bits per heavy atom. The Morgan fingerprint density at radius 1 is 0.474 bits per heavy atom. The Balaban J connectivity index is 2.45. The Morgan fingerprint density at radius 2 is 0.789 bits per heavy atom. The molecule has 6 N–H and O–H groups in total. The number of esters is 2. The Labute approximate surface area is 344 Å². The third-order valence-corrected chi connectivity index (χ3v) is 11.9. The zero-order valence-corrected chi connectivity index (χ0v) is 36.6. The lowest BCUT2D eigenvalue weighted by Gasteiger charge is -2.41. The maximum Gasteiger partial charge on any atom is 0.472 e. The van der Waals surface area contributed by atoms with Gasteiger partial charge in [0, 0.05) is 12.8 Å². The van der Waals surface area contributed by atoms with Crippen molar-refractivity contribution in [1.82, 2.24) is 0 Å². The maximum absolute atomic E-state index is 12.8. The van der Waals surface area contributed by atoms with E-state index in [0.29, 0.717) is 12.8 Å². The largest absolute Gasteiger partial charge is 0.472 e. The minimum Gasteiger partial charge on any atom is -0.462 e. The second-order valence-corrected chi connectivity index (χ2v) is 17.7. The van der Waals surface area contributed by atoms with Crippen LogP contribution < -0.4 is 0 Å². The number of hydrogen-bond donors (Lipinski definition) is 6. The molecule has 0 heterocycles. The monoisotopic (exact) mass is 839 g/mol. The van der Waals surface area contributed by atoms with Crippen LogP contribution in [0.3, 0.4) is 0 Å².